The summed E-state index contributed by atoms with van der Waals surface area (Å²) in [6, 6.07) is 3.65. The third-order valence-corrected chi connectivity index (χ3v) is 3.32. The molecular weight excluding hydrogens is 328 g/mol. The Kier molecular flexibility index (Phi) is 9.58. The molecule has 0 radical (unpaired) electrons. The Hall–Kier alpha value is -2.11. The minimum Gasteiger partial charge on any atom is -0.493 e. The van der Waals surface area contributed by atoms with E-state index in [1.54, 1.807) is 6.07 Å². The first-order chi connectivity index (χ1) is 11.9. The van der Waals surface area contributed by atoms with Crippen molar-refractivity contribution < 1.29 is 23.1 Å². The van der Waals surface area contributed by atoms with E-state index in [0.717, 1.165) is 47.9 Å². The highest BCUT2D eigenvalue weighted by atomic mass is 19.3. The molecule has 0 aliphatic heterocycles. The van der Waals surface area contributed by atoms with Gasteiger partial charge in [0.25, 0.3) is 6.08 Å². The second-order valence-corrected chi connectivity index (χ2v) is 5.81. The third-order valence-electron chi connectivity index (χ3n) is 3.32. The lowest BCUT2D eigenvalue weighted by molar-refractivity contribution is 0.135. The minimum absolute atomic E-state index is 0.148. The van der Waals surface area contributed by atoms with Crippen molar-refractivity contribution >= 4 is 5.71 Å². The van der Waals surface area contributed by atoms with Gasteiger partial charge in [-0.1, -0.05) is 12.1 Å². The highest BCUT2D eigenvalue weighted by molar-refractivity contribution is 5.78. The summed E-state index contributed by atoms with van der Waals surface area (Å²) >= 11 is 0. The van der Waals surface area contributed by atoms with Crippen LogP contribution in [0.4, 0.5) is 8.78 Å². The molecule has 1 aromatic rings. The second kappa shape index (κ2) is 11.4. The van der Waals surface area contributed by atoms with Gasteiger partial charge >= 0.3 is 0 Å². The van der Waals surface area contributed by atoms with Crippen LogP contribution < -0.4 is 9.47 Å². The lowest BCUT2D eigenvalue weighted by atomic mass is 10.1. The molecule has 0 fully saturated rings. The zero-order valence-corrected chi connectivity index (χ0v) is 15.4. The summed E-state index contributed by atoms with van der Waals surface area (Å²) in [7, 11) is 0. The molecule has 4 nitrogen and oxygen atoms in total. The number of oxime groups is 1. The summed E-state index contributed by atoms with van der Waals surface area (Å²) in [5.74, 6) is 1.41. The molecule has 0 saturated heterocycles. The highest BCUT2D eigenvalue weighted by Crippen LogP contribution is 2.30. The van der Waals surface area contributed by atoms with Crippen LogP contribution in [0, 0.1) is 6.92 Å². The van der Waals surface area contributed by atoms with Crippen LogP contribution in [0.5, 0.6) is 11.5 Å². The van der Waals surface area contributed by atoms with Crippen molar-refractivity contribution in [3.05, 3.63) is 35.4 Å². The van der Waals surface area contributed by atoms with E-state index in [1.165, 1.54) is 0 Å². The molecule has 0 aliphatic carbocycles. The molecule has 0 unspecified atom stereocenters. The molecule has 140 valence electrons. The molecule has 0 amide bonds. The van der Waals surface area contributed by atoms with Crippen LogP contribution in [0.1, 0.15) is 44.7 Å². The maximum Gasteiger partial charge on any atom is 0.269 e. The van der Waals surface area contributed by atoms with Gasteiger partial charge in [0.1, 0.15) is 24.7 Å². The molecular formula is C19H27F2NO3. The number of halogens is 2. The summed E-state index contributed by atoms with van der Waals surface area (Å²) in [4.78, 5) is 5.14. The van der Waals surface area contributed by atoms with E-state index in [1.807, 2.05) is 33.8 Å². The smallest absolute Gasteiger partial charge is 0.269 e. The standard InChI is InChI=1S/C19H27F2NO3/c1-5-16-13-17(23-11-8-18(20)21)12-15(4)19(16)24-9-6-7-10-25-22-14(2)3/h8,12-13H,5-7,9-11H2,1-4H3. The topological polar surface area (TPSA) is 40.0 Å². The predicted octanol–water partition coefficient (Wildman–Crippen LogP) is 5.29. The van der Waals surface area contributed by atoms with Gasteiger partial charge in [-0.3, -0.25) is 0 Å². The van der Waals surface area contributed by atoms with Gasteiger partial charge in [0.05, 0.1) is 12.3 Å². The van der Waals surface area contributed by atoms with Gasteiger partial charge in [-0.05, 0) is 63.3 Å². The molecule has 0 N–H and O–H groups in total. The Morgan fingerprint density at radius 2 is 1.84 bits per heavy atom. The Labute approximate surface area is 148 Å². The molecule has 1 rings (SSSR count). The molecule has 0 atom stereocenters. The highest BCUT2D eigenvalue weighted by Gasteiger charge is 2.09. The number of hydrogen-bond donors (Lipinski definition) is 0. The Morgan fingerprint density at radius 1 is 1.12 bits per heavy atom. The van der Waals surface area contributed by atoms with Crippen LogP contribution in [0.2, 0.25) is 0 Å². The largest absolute Gasteiger partial charge is 0.493 e. The van der Waals surface area contributed by atoms with E-state index < -0.39 is 6.08 Å². The van der Waals surface area contributed by atoms with Crippen molar-refractivity contribution in [2.45, 2.75) is 47.0 Å². The summed E-state index contributed by atoms with van der Waals surface area (Å²) in [5.41, 5.74) is 2.83. The predicted molar refractivity (Wildman–Crippen MR) is 95.8 cm³/mol. The monoisotopic (exact) mass is 355 g/mol. The van der Waals surface area contributed by atoms with E-state index in [9.17, 15) is 8.78 Å². The van der Waals surface area contributed by atoms with Gasteiger partial charge in [0, 0.05) is 6.08 Å². The van der Waals surface area contributed by atoms with Gasteiger partial charge in [-0.25, -0.2) is 0 Å². The Bertz CT molecular complexity index is 593. The van der Waals surface area contributed by atoms with Gasteiger partial charge in [0.15, 0.2) is 0 Å². The van der Waals surface area contributed by atoms with Gasteiger partial charge < -0.3 is 14.3 Å². The van der Waals surface area contributed by atoms with Crippen molar-refractivity contribution in [2.24, 2.45) is 5.16 Å². The maximum atomic E-state index is 12.1. The molecule has 0 heterocycles. The molecule has 1 aromatic carbocycles. The quantitative estimate of drug-likeness (QED) is 0.308. The number of rotatable bonds is 11. The van der Waals surface area contributed by atoms with Crippen LogP contribution >= 0.6 is 0 Å². The van der Waals surface area contributed by atoms with Crippen LogP contribution in [0.3, 0.4) is 0 Å². The van der Waals surface area contributed by atoms with Crippen molar-refractivity contribution in [3.63, 3.8) is 0 Å². The zero-order chi connectivity index (χ0) is 18.7. The van der Waals surface area contributed by atoms with Crippen molar-refractivity contribution in [1.82, 2.24) is 0 Å². The summed E-state index contributed by atoms with van der Waals surface area (Å²) in [6.45, 7) is 8.72. The first kappa shape index (κ1) is 20.9. The lowest BCUT2D eigenvalue weighted by Crippen LogP contribution is -2.04. The van der Waals surface area contributed by atoms with Crippen molar-refractivity contribution in [3.8, 4) is 11.5 Å². The minimum atomic E-state index is -1.74. The summed E-state index contributed by atoms with van der Waals surface area (Å²) < 4.78 is 35.4. The molecule has 0 bridgehead atoms. The summed E-state index contributed by atoms with van der Waals surface area (Å²) in [5, 5.41) is 3.88. The molecule has 6 heteroatoms. The third kappa shape index (κ3) is 8.52. The fourth-order valence-corrected chi connectivity index (χ4v) is 2.18. The lowest BCUT2D eigenvalue weighted by Gasteiger charge is -2.15. The second-order valence-electron chi connectivity index (χ2n) is 5.81. The van der Waals surface area contributed by atoms with Gasteiger partial charge in [0.2, 0.25) is 0 Å². The van der Waals surface area contributed by atoms with Crippen molar-refractivity contribution in [2.75, 3.05) is 19.8 Å². The number of unbranched alkanes of at least 4 members (excludes halogenated alkanes) is 1. The van der Waals surface area contributed by atoms with Gasteiger partial charge in [-0.15, -0.1) is 0 Å². The fourth-order valence-electron chi connectivity index (χ4n) is 2.18. The fraction of sp³-hybridized carbons (Fsp3) is 0.526. The number of hydrogen-bond acceptors (Lipinski definition) is 4. The average molecular weight is 355 g/mol. The first-order valence-electron chi connectivity index (χ1n) is 8.47. The average Bonchev–Trinajstić information content (AvgIpc) is 2.54. The van der Waals surface area contributed by atoms with E-state index in [-0.39, 0.29) is 6.61 Å². The Morgan fingerprint density at radius 3 is 2.48 bits per heavy atom. The first-order valence-corrected chi connectivity index (χ1v) is 8.47. The van der Waals surface area contributed by atoms with Crippen LogP contribution in [-0.4, -0.2) is 25.5 Å². The number of nitrogens with zero attached hydrogens (tertiary/aromatic N) is 1. The van der Waals surface area contributed by atoms with Crippen LogP contribution in [0.25, 0.3) is 0 Å². The van der Waals surface area contributed by atoms with Crippen molar-refractivity contribution in [1.29, 1.82) is 0 Å². The molecule has 0 spiro atoms. The molecule has 0 aliphatic rings. The number of ether oxygens (including phenoxy) is 2. The molecule has 0 saturated carbocycles. The normalized spacial score (nSPS) is 10.2. The van der Waals surface area contributed by atoms with E-state index in [2.05, 4.69) is 5.16 Å². The van der Waals surface area contributed by atoms with E-state index in [0.29, 0.717) is 19.0 Å². The Balaban J connectivity index is 2.53. The van der Waals surface area contributed by atoms with E-state index >= 15 is 0 Å². The molecule has 0 aromatic heterocycles. The maximum absolute atomic E-state index is 12.1. The van der Waals surface area contributed by atoms with Crippen LogP contribution in [-0.2, 0) is 11.3 Å². The SMILES string of the molecule is CCc1cc(OCC=C(F)F)cc(C)c1OCCCCON=C(C)C. The van der Waals surface area contributed by atoms with E-state index in [4.69, 9.17) is 14.3 Å². The summed E-state index contributed by atoms with van der Waals surface area (Å²) in [6.07, 6.45) is 1.50. The molecule has 25 heavy (non-hydrogen) atoms. The van der Waals surface area contributed by atoms with Crippen LogP contribution in [0.15, 0.2) is 29.4 Å². The zero-order valence-electron chi connectivity index (χ0n) is 15.4. The number of aryl methyl sites for hydroxylation is 2. The van der Waals surface area contributed by atoms with Gasteiger partial charge in [-0.2, -0.15) is 8.78 Å². The number of benzene rings is 1.